The number of methoxy groups -OCH3 is 1. The van der Waals surface area contributed by atoms with Crippen LogP contribution in [0.4, 0.5) is 19.0 Å². The van der Waals surface area contributed by atoms with Crippen molar-refractivity contribution in [2.75, 3.05) is 44.8 Å². The van der Waals surface area contributed by atoms with Gasteiger partial charge in [0.25, 0.3) is 5.91 Å². The highest BCUT2D eigenvalue weighted by Crippen LogP contribution is 2.33. The fourth-order valence-corrected chi connectivity index (χ4v) is 3.52. The van der Waals surface area contributed by atoms with E-state index < -0.39 is 36.2 Å². The maximum atomic E-state index is 12.8. The Hall–Kier alpha value is -3.34. The molecule has 1 aromatic heterocycles. The molecule has 1 fully saturated rings. The molecule has 0 spiro atoms. The molecular formula is C21H19ClF3N3O5. The topological polar surface area (TPSA) is 89.0 Å². The van der Waals surface area contributed by atoms with E-state index in [4.69, 9.17) is 16.3 Å². The Labute approximate surface area is 191 Å². The summed E-state index contributed by atoms with van der Waals surface area (Å²) in [6.07, 6.45) is -3.83. The Morgan fingerprint density at radius 3 is 2.21 bits per heavy atom. The van der Waals surface area contributed by atoms with Crippen molar-refractivity contribution in [1.82, 2.24) is 9.88 Å². The second-order valence-electron chi connectivity index (χ2n) is 7.01. The zero-order valence-electron chi connectivity index (χ0n) is 17.4. The second kappa shape index (κ2) is 10.1. The molecule has 0 atom stereocenters. The number of amides is 1. The van der Waals surface area contributed by atoms with Crippen LogP contribution in [0.3, 0.4) is 0 Å². The van der Waals surface area contributed by atoms with Gasteiger partial charge < -0.3 is 19.3 Å². The Balaban J connectivity index is 1.55. The van der Waals surface area contributed by atoms with Crippen LogP contribution in [0.1, 0.15) is 26.3 Å². The molecule has 2 aromatic rings. The van der Waals surface area contributed by atoms with Gasteiger partial charge in [-0.05, 0) is 18.2 Å². The highest BCUT2D eigenvalue weighted by atomic mass is 35.5. The molecule has 1 saturated heterocycles. The third-order valence-electron chi connectivity index (χ3n) is 4.96. The Morgan fingerprint density at radius 2 is 1.67 bits per heavy atom. The number of aromatic nitrogens is 1. The number of hydrogen-bond donors (Lipinski definition) is 0. The average molecular weight is 486 g/mol. The van der Waals surface area contributed by atoms with Gasteiger partial charge in [0.1, 0.15) is 5.82 Å². The molecule has 0 radical (unpaired) electrons. The van der Waals surface area contributed by atoms with Gasteiger partial charge in [0.15, 0.2) is 6.61 Å². The maximum absolute atomic E-state index is 12.8. The standard InChI is InChI=1S/C21H19ClF3N3O5/c1-32-19(30)14-4-2-3-5-15(14)20(31)33-12-17(29)27-6-8-28(9-7-27)18-16(22)10-13(11-26-18)21(23,24)25/h2-5,10-11H,6-9,12H2,1H3. The predicted molar refractivity (Wildman–Crippen MR) is 111 cm³/mol. The van der Waals surface area contributed by atoms with Gasteiger partial charge in [-0.3, -0.25) is 4.79 Å². The highest BCUT2D eigenvalue weighted by Gasteiger charge is 2.32. The Bertz CT molecular complexity index is 1060. The lowest BCUT2D eigenvalue weighted by molar-refractivity contribution is -0.138. The molecule has 12 heteroatoms. The first-order valence-electron chi connectivity index (χ1n) is 9.71. The molecular weight excluding hydrogens is 467 g/mol. The summed E-state index contributed by atoms with van der Waals surface area (Å²) in [5.74, 6) is -1.81. The van der Waals surface area contributed by atoms with E-state index >= 15 is 0 Å². The van der Waals surface area contributed by atoms with Crippen LogP contribution in [0, 0.1) is 0 Å². The number of carbonyl (C=O) groups is 3. The molecule has 2 heterocycles. The van der Waals surface area contributed by atoms with E-state index in [1.165, 1.54) is 24.1 Å². The number of anilines is 1. The van der Waals surface area contributed by atoms with Crippen LogP contribution in [0.5, 0.6) is 0 Å². The van der Waals surface area contributed by atoms with Crippen LogP contribution in [0.15, 0.2) is 36.5 Å². The fraction of sp³-hybridized carbons (Fsp3) is 0.333. The minimum absolute atomic E-state index is 0.0204. The molecule has 1 aliphatic rings. The highest BCUT2D eigenvalue weighted by molar-refractivity contribution is 6.33. The van der Waals surface area contributed by atoms with Crippen LogP contribution >= 0.6 is 11.6 Å². The van der Waals surface area contributed by atoms with Crippen molar-refractivity contribution in [3.63, 3.8) is 0 Å². The number of pyridine rings is 1. The third kappa shape index (κ3) is 5.72. The molecule has 8 nitrogen and oxygen atoms in total. The minimum atomic E-state index is -4.55. The molecule has 3 rings (SSSR count). The number of carbonyl (C=O) groups excluding carboxylic acids is 3. The van der Waals surface area contributed by atoms with E-state index in [0.717, 1.165) is 6.07 Å². The number of rotatable bonds is 5. The lowest BCUT2D eigenvalue weighted by Gasteiger charge is -2.35. The SMILES string of the molecule is COC(=O)c1ccccc1C(=O)OCC(=O)N1CCN(c2ncc(C(F)(F)F)cc2Cl)CC1. The normalized spacial score (nSPS) is 14.1. The summed E-state index contributed by atoms with van der Waals surface area (Å²) >= 11 is 5.98. The second-order valence-corrected chi connectivity index (χ2v) is 7.42. The van der Waals surface area contributed by atoms with Gasteiger partial charge in [-0.15, -0.1) is 0 Å². The van der Waals surface area contributed by atoms with Crippen molar-refractivity contribution < 1.29 is 37.0 Å². The van der Waals surface area contributed by atoms with Crippen molar-refractivity contribution in [3.05, 3.63) is 58.2 Å². The van der Waals surface area contributed by atoms with Crippen molar-refractivity contribution >= 4 is 35.3 Å². The Kier molecular flexibility index (Phi) is 7.42. The van der Waals surface area contributed by atoms with E-state index in [9.17, 15) is 27.6 Å². The number of piperazine rings is 1. The third-order valence-corrected chi connectivity index (χ3v) is 5.24. The van der Waals surface area contributed by atoms with Crippen LogP contribution in [-0.4, -0.2) is 67.6 Å². The molecule has 0 unspecified atom stereocenters. The summed E-state index contributed by atoms with van der Waals surface area (Å²) in [7, 11) is 1.18. The van der Waals surface area contributed by atoms with Gasteiger partial charge in [-0.2, -0.15) is 13.2 Å². The molecule has 176 valence electrons. The van der Waals surface area contributed by atoms with Gasteiger partial charge in [-0.25, -0.2) is 14.6 Å². The Morgan fingerprint density at radius 1 is 1.06 bits per heavy atom. The number of halogens is 4. The van der Waals surface area contributed by atoms with E-state index in [0.29, 0.717) is 6.20 Å². The maximum Gasteiger partial charge on any atom is 0.417 e. The zero-order valence-corrected chi connectivity index (χ0v) is 18.2. The first-order chi connectivity index (χ1) is 15.6. The van der Waals surface area contributed by atoms with E-state index in [-0.39, 0.29) is 48.1 Å². The quantitative estimate of drug-likeness (QED) is 0.601. The number of alkyl halides is 3. The van der Waals surface area contributed by atoms with Crippen LogP contribution < -0.4 is 4.90 Å². The van der Waals surface area contributed by atoms with Crippen molar-refractivity contribution in [1.29, 1.82) is 0 Å². The molecule has 0 N–H and O–H groups in total. The predicted octanol–water partition coefficient (Wildman–Crippen LogP) is 3.05. The summed E-state index contributed by atoms with van der Waals surface area (Å²) in [6, 6.07) is 6.71. The molecule has 1 amide bonds. The first kappa shape index (κ1) is 24.3. The number of hydrogen-bond acceptors (Lipinski definition) is 7. The smallest absolute Gasteiger partial charge is 0.417 e. The van der Waals surface area contributed by atoms with E-state index in [1.54, 1.807) is 17.0 Å². The average Bonchev–Trinajstić information content (AvgIpc) is 2.81. The number of nitrogens with zero attached hydrogens (tertiary/aromatic N) is 3. The van der Waals surface area contributed by atoms with Crippen molar-refractivity contribution in [2.45, 2.75) is 6.18 Å². The molecule has 0 aliphatic carbocycles. The van der Waals surface area contributed by atoms with Crippen LogP contribution in [0.25, 0.3) is 0 Å². The van der Waals surface area contributed by atoms with E-state index in [2.05, 4.69) is 9.72 Å². The lowest BCUT2D eigenvalue weighted by Crippen LogP contribution is -2.50. The van der Waals surface area contributed by atoms with Gasteiger partial charge >= 0.3 is 18.1 Å². The lowest BCUT2D eigenvalue weighted by atomic mass is 10.1. The van der Waals surface area contributed by atoms with Gasteiger partial charge in [-0.1, -0.05) is 23.7 Å². The summed E-state index contributed by atoms with van der Waals surface area (Å²) in [6.45, 7) is 0.488. The van der Waals surface area contributed by atoms with Gasteiger partial charge in [0.2, 0.25) is 0 Å². The van der Waals surface area contributed by atoms with Crippen molar-refractivity contribution in [3.8, 4) is 0 Å². The minimum Gasteiger partial charge on any atom is -0.465 e. The summed E-state index contributed by atoms with van der Waals surface area (Å²) in [5, 5.41) is -0.136. The number of ether oxygens (including phenoxy) is 2. The number of esters is 2. The van der Waals surface area contributed by atoms with Gasteiger partial charge in [0.05, 0.1) is 28.8 Å². The molecule has 1 aromatic carbocycles. The van der Waals surface area contributed by atoms with Crippen LogP contribution in [0.2, 0.25) is 5.02 Å². The zero-order chi connectivity index (χ0) is 24.2. The van der Waals surface area contributed by atoms with Gasteiger partial charge in [0, 0.05) is 32.4 Å². The summed E-state index contributed by atoms with van der Waals surface area (Å²) in [5.41, 5.74) is -0.947. The fourth-order valence-electron chi connectivity index (χ4n) is 3.23. The van der Waals surface area contributed by atoms with E-state index in [1.807, 2.05) is 0 Å². The van der Waals surface area contributed by atoms with Crippen LogP contribution in [-0.2, 0) is 20.4 Å². The number of benzene rings is 1. The molecule has 33 heavy (non-hydrogen) atoms. The van der Waals surface area contributed by atoms with Crippen molar-refractivity contribution in [2.24, 2.45) is 0 Å². The molecule has 0 saturated carbocycles. The largest absolute Gasteiger partial charge is 0.465 e. The monoisotopic (exact) mass is 485 g/mol. The summed E-state index contributed by atoms with van der Waals surface area (Å²) < 4.78 is 48.0. The summed E-state index contributed by atoms with van der Waals surface area (Å²) in [4.78, 5) is 43.5. The molecule has 0 bridgehead atoms. The first-order valence-corrected chi connectivity index (χ1v) is 10.1. The molecule has 1 aliphatic heterocycles.